The molecule has 3 N–H and O–H groups in total. The van der Waals surface area contributed by atoms with Crippen LogP contribution in [0.25, 0.3) is 0 Å². The van der Waals surface area contributed by atoms with E-state index in [9.17, 15) is 4.79 Å². The van der Waals surface area contributed by atoms with E-state index < -0.39 is 0 Å². The number of thioether (sulfide) groups is 1. The number of amides is 1. The smallest absolute Gasteiger partial charge is 0.230 e. The number of halogens is 1. The average molecular weight is 259 g/mol. The monoisotopic (exact) mass is 258 g/mol. The Morgan fingerprint density at radius 3 is 2.88 bits per heavy atom. The molecular weight excluding hydrogens is 244 g/mol. The molecule has 1 amide bonds. The SMILES string of the molecule is NCCSCC(=O)NCc1ccccc1Cl. The minimum absolute atomic E-state index is 0.0124. The molecule has 0 heterocycles. The molecule has 0 aliphatic rings. The van der Waals surface area contributed by atoms with Gasteiger partial charge in [0, 0.05) is 23.9 Å². The van der Waals surface area contributed by atoms with Crippen LogP contribution < -0.4 is 11.1 Å². The lowest BCUT2D eigenvalue weighted by Gasteiger charge is -2.06. The number of benzene rings is 1. The summed E-state index contributed by atoms with van der Waals surface area (Å²) in [7, 11) is 0. The number of rotatable bonds is 6. The molecule has 0 aliphatic carbocycles. The summed E-state index contributed by atoms with van der Waals surface area (Å²) in [6.07, 6.45) is 0. The van der Waals surface area contributed by atoms with Crippen molar-refractivity contribution in [3.05, 3.63) is 34.9 Å². The van der Waals surface area contributed by atoms with Crippen molar-refractivity contribution < 1.29 is 4.79 Å². The lowest BCUT2D eigenvalue weighted by atomic mass is 10.2. The van der Waals surface area contributed by atoms with Gasteiger partial charge < -0.3 is 11.1 Å². The van der Waals surface area contributed by atoms with Gasteiger partial charge in [0.2, 0.25) is 5.91 Å². The predicted molar refractivity (Wildman–Crippen MR) is 69.7 cm³/mol. The largest absolute Gasteiger partial charge is 0.351 e. The van der Waals surface area contributed by atoms with Crippen molar-refractivity contribution in [3.63, 3.8) is 0 Å². The molecule has 3 nitrogen and oxygen atoms in total. The molecule has 1 aromatic rings. The molecule has 0 spiro atoms. The number of carbonyl (C=O) groups excluding carboxylic acids is 1. The molecule has 0 fully saturated rings. The number of carbonyl (C=O) groups is 1. The van der Waals surface area contributed by atoms with Gasteiger partial charge in [-0.25, -0.2) is 0 Å². The van der Waals surface area contributed by atoms with E-state index in [1.54, 1.807) is 0 Å². The highest BCUT2D eigenvalue weighted by Crippen LogP contribution is 2.14. The molecule has 0 saturated heterocycles. The topological polar surface area (TPSA) is 55.1 Å². The molecule has 0 atom stereocenters. The van der Waals surface area contributed by atoms with Crippen molar-refractivity contribution in [1.82, 2.24) is 5.32 Å². The standard InChI is InChI=1S/C11H15ClN2OS/c12-10-4-2-1-3-9(10)7-14-11(15)8-16-6-5-13/h1-4H,5-8,13H2,(H,14,15). The van der Waals surface area contributed by atoms with Crippen LogP contribution >= 0.6 is 23.4 Å². The molecule has 0 aromatic heterocycles. The zero-order chi connectivity index (χ0) is 11.8. The van der Waals surface area contributed by atoms with Gasteiger partial charge >= 0.3 is 0 Å². The van der Waals surface area contributed by atoms with Crippen LogP contribution in [0, 0.1) is 0 Å². The van der Waals surface area contributed by atoms with E-state index in [1.807, 2.05) is 24.3 Å². The minimum atomic E-state index is 0.0124. The first-order valence-corrected chi connectivity index (χ1v) is 6.55. The normalized spacial score (nSPS) is 10.1. The Hall–Kier alpha value is -0.710. The first-order valence-electron chi connectivity index (χ1n) is 5.02. The molecule has 1 rings (SSSR count). The van der Waals surface area contributed by atoms with Gasteiger partial charge in [-0.15, -0.1) is 0 Å². The Kier molecular flexibility index (Phi) is 6.30. The van der Waals surface area contributed by atoms with Crippen LogP contribution in [0.2, 0.25) is 5.02 Å². The summed E-state index contributed by atoms with van der Waals surface area (Å²) in [5.41, 5.74) is 6.26. The average Bonchev–Trinajstić information content (AvgIpc) is 2.28. The van der Waals surface area contributed by atoms with Crippen LogP contribution in [0.1, 0.15) is 5.56 Å². The van der Waals surface area contributed by atoms with Crippen molar-refractivity contribution in [1.29, 1.82) is 0 Å². The first kappa shape index (κ1) is 13.4. The fraction of sp³-hybridized carbons (Fsp3) is 0.364. The fourth-order valence-corrected chi connectivity index (χ4v) is 1.94. The first-order chi connectivity index (χ1) is 7.74. The van der Waals surface area contributed by atoms with Crippen LogP contribution in [0.5, 0.6) is 0 Å². The summed E-state index contributed by atoms with van der Waals surface area (Å²) in [6.45, 7) is 1.07. The summed E-state index contributed by atoms with van der Waals surface area (Å²) < 4.78 is 0. The Bertz CT molecular complexity index is 347. The molecule has 0 unspecified atom stereocenters. The molecule has 1 aromatic carbocycles. The van der Waals surface area contributed by atoms with E-state index >= 15 is 0 Å². The zero-order valence-corrected chi connectivity index (χ0v) is 10.5. The molecule has 0 radical (unpaired) electrons. The minimum Gasteiger partial charge on any atom is -0.351 e. The molecule has 0 bridgehead atoms. The van der Waals surface area contributed by atoms with E-state index in [0.717, 1.165) is 11.3 Å². The van der Waals surface area contributed by atoms with Crippen LogP contribution in [-0.2, 0) is 11.3 Å². The van der Waals surface area contributed by atoms with E-state index in [0.29, 0.717) is 23.9 Å². The third-order valence-corrected chi connectivity index (χ3v) is 3.29. The van der Waals surface area contributed by atoms with Crippen LogP contribution in [0.15, 0.2) is 24.3 Å². The number of nitrogens with two attached hydrogens (primary N) is 1. The van der Waals surface area contributed by atoms with Crippen molar-refractivity contribution in [3.8, 4) is 0 Å². The van der Waals surface area contributed by atoms with Gasteiger partial charge in [-0.3, -0.25) is 4.79 Å². The molecule has 16 heavy (non-hydrogen) atoms. The summed E-state index contributed by atoms with van der Waals surface area (Å²) in [4.78, 5) is 11.4. The van der Waals surface area contributed by atoms with Gasteiger partial charge in [0.25, 0.3) is 0 Å². The summed E-state index contributed by atoms with van der Waals surface area (Å²) >= 11 is 7.49. The van der Waals surface area contributed by atoms with Gasteiger partial charge in [-0.05, 0) is 11.6 Å². The maximum absolute atomic E-state index is 11.4. The Morgan fingerprint density at radius 1 is 1.44 bits per heavy atom. The maximum Gasteiger partial charge on any atom is 0.230 e. The second kappa shape index (κ2) is 7.54. The van der Waals surface area contributed by atoms with Crippen molar-refractivity contribution in [2.24, 2.45) is 5.73 Å². The Morgan fingerprint density at radius 2 is 2.19 bits per heavy atom. The molecule has 0 aliphatic heterocycles. The summed E-state index contributed by atoms with van der Waals surface area (Å²) in [5.74, 6) is 1.26. The number of nitrogens with one attached hydrogen (secondary N) is 1. The second-order valence-corrected chi connectivity index (χ2v) is 4.72. The van der Waals surface area contributed by atoms with Crippen molar-refractivity contribution >= 4 is 29.3 Å². The van der Waals surface area contributed by atoms with Crippen LogP contribution in [-0.4, -0.2) is 24.0 Å². The van der Waals surface area contributed by atoms with Gasteiger partial charge in [0.15, 0.2) is 0 Å². The third kappa shape index (κ3) is 4.88. The van der Waals surface area contributed by atoms with Crippen molar-refractivity contribution in [2.45, 2.75) is 6.54 Å². The van der Waals surface area contributed by atoms with Crippen LogP contribution in [0.4, 0.5) is 0 Å². The predicted octanol–water partition coefficient (Wildman–Crippen LogP) is 1.65. The van der Waals surface area contributed by atoms with Gasteiger partial charge in [0.1, 0.15) is 0 Å². The molecular formula is C11H15ClN2OS. The van der Waals surface area contributed by atoms with Gasteiger partial charge in [-0.2, -0.15) is 11.8 Å². The quantitative estimate of drug-likeness (QED) is 0.763. The lowest BCUT2D eigenvalue weighted by Crippen LogP contribution is -2.25. The Labute approximate surface area is 105 Å². The highest BCUT2D eigenvalue weighted by atomic mass is 35.5. The Balaban J connectivity index is 2.29. The second-order valence-electron chi connectivity index (χ2n) is 3.21. The van der Waals surface area contributed by atoms with Crippen LogP contribution in [0.3, 0.4) is 0 Å². The highest BCUT2D eigenvalue weighted by Gasteiger charge is 2.03. The fourth-order valence-electron chi connectivity index (χ4n) is 1.13. The summed E-state index contributed by atoms with van der Waals surface area (Å²) in [5, 5.41) is 3.49. The van der Waals surface area contributed by atoms with E-state index in [4.69, 9.17) is 17.3 Å². The number of hydrogen-bond acceptors (Lipinski definition) is 3. The molecule has 88 valence electrons. The highest BCUT2D eigenvalue weighted by molar-refractivity contribution is 7.99. The van der Waals surface area contributed by atoms with Gasteiger partial charge in [0.05, 0.1) is 5.75 Å². The number of hydrogen-bond donors (Lipinski definition) is 2. The lowest BCUT2D eigenvalue weighted by molar-refractivity contribution is -0.118. The third-order valence-electron chi connectivity index (χ3n) is 1.93. The van der Waals surface area contributed by atoms with Gasteiger partial charge in [-0.1, -0.05) is 29.8 Å². The summed E-state index contributed by atoms with van der Waals surface area (Å²) in [6, 6.07) is 7.48. The van der Waals surface area contributed by atoms with Crippen molar-refractivity contribution in [2.75, 3.05) is 18.1 Å². The van der Waals surface area contributed by atoms with E-state index in [2.05, 4.69) is 5.32 Å². The van der Waals surface area contributed by atoms with E-state index in [1.165, 1.54) is 11.8 Å². The van der Waals surface area contributed by atoms with E-state index in [-0.39, 0.29) is 5.91 Å². The molecule has 0 saturated carbocycles. The zero-order valence-electron chi connectivity index (χ0n) is 8.91. The molecule has 5 heteroatoms. The maximum atomic E-state index is 11.4.